The number of benzene rings is 1. The Balaban J connectivity index is 2.95. The van der Waals surface area contributed by atoms with Gasteiger partial charge in [-0.25, -0.2) is 4.39 Å². The van der Waals surface area contributed by atoms with Crippen LogP contribution in [0.15, 0.2) is 16.6 Å². The standard InChI is InChI=1S/C9H10BrFN2O2S/c1-16-3-2-12-8-5-7(11)6(10)4-9(8)13(14)15/h4-5,12H,2-3H2,1H3. The number of hydrogen-bond donors (Lipinski definition) is 1. The number of anilines is 1. The lowest BCUT2D eigenvalue weighted by atomic mass is 10.2. The van der Waals surface area contributed by atoms with Crippen LogP contribution in [0.3, 0.4) is 0 Å². The number of thioether (sulfide) groups is 1. The first-order chi connectivity index (χ1) is 7.56. The second-order valence-corrected chi connectivity index (χ2v) is 4.80. The minimum Gasteiger partial charge on any atom is -0.379 e. The largest absolute Gasteiger partial charge is 0.379 e. The highest BCUT2D eigenvalue weighted by atomic mass is 79.9. The van der Waals surface area contributed by atoms with Crippen molar-refractivity contribution in [2.75, 3.05) is 23.9 Å². The average Bonchev–Trinajstić information content (AvgIpc) is 2.23. The molecule has 1 aromatic carbocycles. The van der Waals surface area contributed by atoms with Gasteiger partial charge in [-0.05, 0) is 22.2 Å². The number of nitro benzene ring substituents is 1. The third-order valence-corrected chi connectivity index (χ3v) is 3.08. The molecule has 0 spiro atoms. The van der Waals surface area contributed by atoms with Crippen molar-refractivity contribution in [2.45, 2.75) is 0 Å². The number of nitrogens with zero attached hydrogens (tertiary/aromatic N) is 1. The topological polar surface area (TPSA) is 55.2 Å². The summed E-state index contributed by atoms with van der Waals surface area (Å²) in [6.07, 6.45) is 1.93. The van der Waals surface area contributed by atoms with Crippen molar-refractivity contribution in [3.05, 3.63) is 32.5 Å². The molecule has 4 nitrogen and oxygen atoms in total. The molecule has 16 heavy (non-hydrogen) atoms. The highest BCUT2D eigenvalue weighted by molar-refractivity contribution is 9.10. The Bertz CT molecular complexity index is 403. The van der Waals surface area contributed by atoms with E-state index in [1.807, 2.05) is 6.26 Å². The van der Waals surface area contributed by atoms with E-state index in [0.29, 0.717) is 6.54 Å². The Morgan fingerprint density at radius 3 is 2.88 bits per heavy atom. The van der Waals surface area contributed by atoms with Gasteiger partial charge in [0.15, 0.2) is 0 Å². The number of nitro groups is 1. The van der Waals surface area contributed by atoms with Crippen molar-refractivity contribution < 1.29 is 9.31 Å². The summed E-state index contributed by atoms with van der Waals surface area (Å²) in [6.45, 7) is 0.559. The fourth-order valence-corrected chi connectivity index (χ4v) is 1.75. The molecule has 88 valence electrons. The van der Waals surface area contributed by atoms with Crippen LogP contribution >= 0.6 is 27.7 Å². The summed E-state index contributed by atoms with van der Waals surface area (Å²) in [5, 5.41) is 13.6. The molecule has 0 radical (unpaired) electrons. The second-order valence-electron chi connectivity index (χ2n) is 2.96. The molecular formula is C9H10BrFN2O2S. The average molecular weight is 309 g/mol. The zero-order chi connectivity index (χ0) is 12.1. The smallest absolute Gasteiger partial charge is 0.293 e. The molecule has 0 aliphatic heterocycles. The Morgan fingerprint density at radius 2 is 2.31 bits per heavy atom. The van der Waals surface area contributed by atoms with Crippen molar-refractivity contribution >= 4 is 39.1 Å². The number of rotatable bonds is 5. The van der Waals surface area contributed by atoms with E-state index in [2.05, 4.69) is 21.2 Å². The van der Waals surface area contributed by atoms with Gasteiger partial charge in [-0.15, -0.1) is 0 Å². The van der Waals surface area contributed by atoms with Crippen LogP contribution in [-0.4, -0.2) is 23.5 Å². The van der Waals surface area contributed by atoms with E-state index >= 15 is 0 Å². The molecule has 0 aliphatic carbocycles. The van der Waals surface area contributed by atoms with Crippen LogP contribution in [-0.2, 0) is 0 Å². The summed E-state index contributed by atoms with van der Waals surface area (Å²) < 4.78 is 13.3. The van der Waals surface area contributed by atoms with Gasteiger partial charge in [-0.1, -0.05) is 0 Å². The molecule has 0 saturated carbocycles. The van der Waals surface area contributed by atoms with Gasteiger partial charge in [0.2, 0.25) is 0 Å². The van der Waals surface area contributed by atoms with Crippen LogP contribution < -0.4 is 5.32 Å². The van der Waals surface area contributed by atoms with E-state index in [9.17, 15) is 14.5 Å². The van der Waals surface area contributed by atoms with Gasteiger partial charge >= 0.3 is 0 Å². The number of halogens is 2. The summed E-state index contributed by atoms with van der Waals surface area (Å²) in [4.78, 5) is 10.2. The van der Waals surface area contributed by atoms with Crippen molar-refractivity contribution in [2.24, 2.45) is 0 Å². The molecule has 7 heteroatoms. The van der Waals surface area contributed by atoms with E-state index in [0.717, 1.165) is 17.9 Å². The van der Waals surface area contributed by atoms with Gasteiger partial charge < -0.3 is 5.32 Å². The SMILES string of the molecule is CSCCNc1cc(F)c(Br)cc1[N+](=O)[O-]. The molecule has 1 rings (SSSR count). The van der Waals surface area contributed by atoms with E-state index in [-0.39, 0.29) is 15.8 Å². The normalized spacial score (nSPS) is 10.2. The van der Waals surface area contributed by atoms with E-state index in [4.69, 9.17) is 0 Å². The molecule has 0 amide bonds. The fourth-order valence-electron chi connectivity index (χ4n) is 1.12. The molecular weight excluding hydrogens is 299 g/mol. The minimum absolute atomic E-state index is 0.0922. The summed E-state index contributed by atoms with van der Waals surface area (Å²) in [6, 6.07) is 2.29. The molecule has 1 N–H and O–H groups in total. The zero-order valence-corrected chi connectivity index (χ0v) is 10.9. The summed E-state index contributed by atoms with van der Waals surface area (Å²) in [7, 11) is 0. The summed E-state index contributed by atoms with van der Waals surface area (Å²) in [5.41, 5.74) is 0.0779. The van der Waals surface area contributed by atoms with Gasteiger partial charge in [0.1, 0.15) is 11.5 Å². The molecule has 0 aliphatic rings. The first-order valence-electron chi connectivity index (χ1n) is 4.42. The molecule has 0 saturated heterocycles. The van der Waals surface area contributed by atoms with Crippen molar-refractivity contribution in [3.63, 3.8) is 0 Å². The van der Waals surface area contributed by atoms with Crippen LogP contribution in [0.5, 0.6) is 0 Å². The predicted octanol–water partition coefficient (Wildman–Crippen LogP) is 3.27. The highest BCUT2D eigenvalue weighted by Crippen LogP contribution is 2.30. The molecule has 0 fully saturated rings. The first kappa shape index (κ1) is 13.2. The Kier molecular flexibility index (Phi) is 5.01. The van der Waals surface area contributed by atoms with Gasteiger partial charge in [-0.2, -0.15) is 11.8 Å². The maximum Gasteiger partial charge on any atom is 0.293 e. The van der Waals surface area contributed by atoms with E-state index < -0.39 is 10.7 Å². The Labute approximate surface area is 105 Å². The van der Waals surface area contributed by atoms with Gasteiger partial charge in [0.05, 0.1) is 9.40 Å². The number of nitrogens with one attached hydrogen (secondary N) is 1. The summed E-state index contributed by atoms with van der Waals surface area (Å²) >= 11 is 4.53. The second kappa shape index (κ2) is 6.05. The lowest BCUT2D eigenvalue weighted by Crippen LogP contribution is -2.06. The maximum atomic E-state index is 13.2. The quantitative estimate of drug-likeness (QED) is 0.515. The third-order valence-electron chi connectivity index (χ3n) is 1.86. The number of hydrogen-bond acceptors (Lipinski definition) is 4. The lowest BCUT2D eigenvalue weighted by Gasteiger charge is -2.07. The van der Waals surface area contributed by atoms with Crippen molar-refractivity contribution in [1.29, 1.82) is 0 Å². The van der Waals surface area contributed by atoms with Crippen LogP contribution in [0.25, 0.3) is 0 Å². The molecule has 1 aromatic rings. The van der Waals surface area contributed by atoms with Crippen LogP contribution in [0, 0.1) is 15.9 Å². The maximum absolute atomic E-state index is 13.2. The highest BCUT2D eigenvalue weighted by Gasteiger charge is 2.16. The molecule has 0 bridgehead atoms. The van der Waals surface area contributed by atoms with Crippen LogP contribution in [0.2, 0.25) is 0 Å². The van der Waals surface area contributed by atoms with Crippen molar-refractivity contribution in [1.82, 2.24) is 0 Å². The molecule has 0 heterocycles. The molecule has 0 atom stereocenters. The minimum atomic E-state index is -0.536. The summed E-state index contributed by atoms with van der Waals surface area (Å²) in [5.74, 6) is 0.284. The monoisotopic (exact) mass is 308 g/mol. The van der Waals surface area contributed by atoms with Crippen LogP contribution in [0.4, 0.5) is 15.8 Å². The van der Waals surface area contributed by atoms with E-state index in [1.54, 1.807) is 11.8 Å². The van der Waals surface area contributed by atoms with Gasteiger partial charge in [0.25, 0.3) is 5.69 Å². The molecule has 0 aromatic heterocycles. The van der Waals surface area contributed by atoms with Gasteiger partial charge in [-0.3, -0.25) is 10.1 Å². The zero-order valence-electron chi connectivity index (χ0n) is 8.50. The van der Waals surface area contributed by atoms with Crippen molar-refractivity contribution in [3.8, 4) is 0 Å². The lowest BCUT2D eigenvalue weighted by molar-refractivity contribution is -0.384. The van der Waals surface area contributed by atoms with Crippen LogP contribution in [0.1, 0.15) is 0 Å². The predicted molar refractivity (Wildman–Crippen MR) is 67.6 cm³/mol. The van der Waals surface area contributed by atoms with E-state index in [1.165, 1.54) is 0 Å². The first-order valence-corrected chi connectivity index (χ1v) is 6.61. The third kappa shape index (κ3) is 3.34. The Hall–Kier alpha value is -0.820. The Morgan fingerprint density at radius 1 is 1.62 bits per heavy atom. The van der Waals surface area contributed by atoms with Gasteiger partial charge in [0, 0.05) is 24.4 Å². The fraction of sp³-hybridized carbons (Fsp3) is 0.333. The molecule has 0 unspecified atom stereocenters.